The minimum absolute atomic E-state index is 0. The third-order valence-electron chi connectivity index (χ3n) is 3.08. The minimum atomic E-state index is 0. The molecule has 2 aliphatic rings. The third kappa shape index (κ3) is 5.36. The zero-order valence-electron chi connectivity index (χ0n) is 12.2. The Morgan fingerprint density at radius 2 is 0.957 bits per heavy atom. The maximum atomic E-state index is 4.11. The molecule has 0 aliphatic heterocycles. The predicted octanol–water partition coefficient (Wildman–Crippen LogP) is 2.46. The van der Waals surface area contributed by atoms with Crippen LogP contribution in [0, 0.1) is 63.2 Å². The van der Waals surface area contributed by atoms with Gasteiger partial charge in [-0.05, 0) is 63.5 Å². The van der Waals surface area contributed by atoms with E-state index in [1.165, 1.54) is 0 Å². The van der Waals surface area contributed by atoms with Gasteiger partial charge in [0.15, 0.2) is 0 Å². The van der Waals surface area contributed by atoms with Crippen LogP contribution in [0.25, 0.3) is 0 Å². The molecule has 2 aromatic heterocycles. The summed E-state index contributed by atoms with van der Waals surface area (Å²) in [6.45, 7) is 0. The molecular weight excluding hydrogens is 328 g/mol. The van der Waals surface area contributed by atoms with Gasteiger partial charge in [0.25, 0.3) is 0 Å². The van der Waals surface area contributed by atoms with E-state index in [0.717, 1.165) is 23.2 Å². The van der Waals surface area contributed by atoms with Gasteiger partial charge in [-0.2, -0.15) is 0 Å². The molecule has 0 spiro atoms. The molecule has 0 bridgehead atoms. The molecule has 5 heteroatoms. The van der Waals surface area contributed by atoms with Crippen molar-refractivity contribution in [2.45, 2.75) is 0 Å². The molecule has 0 N–H and O–H groups in total. The Kier molecular flexibility index (Phi) is 7.63. The quantitative estimate of drug-likeness (QED) is 0.787. The van der Waals surface area contributed by atoms with Crippen molar-refractivity contribution in [3.63, 3.8) is 0 Å². The van der Waals surface area contributed by atoms with Crippen molar-refractivity contribution in [1.29, 1.82) is 0 Å². The molecule has 2 aromatic rings. The molecule has 0 saturated heterocycles. The van der Waals surface area contributed by atoms with Gasteiger partial charge in [-0.25, -0.2) is 19.9 Å². The Morgan fingerprint density at radius 1 is 0.565 bits per heavy atom. The van der Waals surface area contributed by atoms with Gasteiger partial charge in [0.1, 0.15) is 12.7 Å². The van der Waals surface area contributed by atoms with Crippen LogP contribution in [0.2, 0.25) is 0 Å². The van der Waals surface area contributed by atoms with E-state index in [1.54, 1.807) is 25.0 Å². The van der Waals surface area contributed by atoms with Crippen LogP contribution >= 0.6 is 0 Å². The van der Waals surface area contributed by atoms with E-state index < -0.39 is 0 Å². The summed E-state index contributed by atoms with van der Waals surface area (Å²) in [5, 5.41) is 0. The maximum absolute atomic E-state index is 4.11. The summed E-state index contributed by atoms with van der Waals surface area (Å²) in [6.07, 6.45) is 22.7. The normalized spacial score (nSPS) is 18.1. The summed E-state index contributed by atoms with van der Waals surface area (Å²) in [5.41, 5.74) is 1.95. The molecule has 23 heavy (non-hydrogen) atoms. The molecule has 4 rings (SSSR count). The third-order valence-corrected chi connectivity index (χ3v) is 3.08. The Bertz CT molecular complexity index is 486. The van der Waals surface area contributed by atoms with Crippen LogP contribution < -0.4 is 0 Å². The van der Waals surface area contributed by atoms with E-state index in [9.17, 15) is 0 Å². The van der Waals surface area contributed by atoms with Gasteiger partial charge < -0.3 is 0 Å². The molecule has 0 aromatic carbocycles. The van der Waals surface area contributed by atoms with Gasteiger partial charge in [0.05, 0.1) is 11.4 Å². The second-order valence-electron chi connectivity index (χ2n) is 4.54. The van der Waals surface area contributed by atoms with Crippen molar-refractivity contribution < 1.29 is 17.1 Å². The fourth-order valence-electron chi connectivity index (χ4n) is 2.01. The van der Waals surface area contributed by atoms with E-state index in [2.05, 4.69) is 19.9 Å². The maximum Gasteiger partial charge on any atom is 2.00 e. The zero-order valence-corrected chi connectivity index (χ0v) is 13.3. The summed E-state index contributed by atoms with van der Waals surface area (Å²) < 4.78 is 0. The van der Waals surface area contributed by atoms with Gasteiger partial charge in [-0.1, -0.05) is 0 Å². The number of aromatic nitrogens is 4. The zero-order chi connectivity index (χ0) is 15.0. The van der Waals surface area contributed by atoms with Crippen LogP contribution in [0.5, 0.6) is 0 Å². The Labute approximate surface area is 149 Å². The van der Waals surface area contributed by atoms with Gasteiger partial charge in [-0.3, -0.25) is 0 Å². The first-order valence-electron chi connectivity index (χ1n) is 6.90. The first-order valence-corrected chi connectivity index (χ1v) is 6.90. The van der Waals surface area contributed by atoms with Crippen LogP contribution in [0.3, 0.4) is 0 Å². The Morgan fingerprint density at radius 3 is 1.26 bits per heavy atom. The second-order valence-corrected chi connectivity index (χ2v) is 4.54. The first kappa shape index (κ1) is 18.0. The second kappa shape index (κ2) is 9.74. The average molecular weight is 342 g/mol. The summed E-state index contributed by atoms with van der Waals surface area (Å²) >= 11 is 0. The standard InChI is InChI=1S/2C9H7N2.Fe/c2*1-2-4-8(3-1)9-5-6-10-7-11-9;/h2*1-7H;/q;;+2. The number of rotatable bonds is 2. The molecule has 10 radical (unpaired) electrons. The van der Waals surface area contributed by atoms with E-state index in [-0.39, 0.29) is 17.1 Å². The van der Waals surface area contributed by atoms with Crippen LogP contribution in [0.4, 0.5) is 0 Å². The smallest absolute Gasteiger partial charge is 0.245 e. The molecule has 2 heterocycles. The Hall–Kier alpha value is -1.32. The van der Waals surface area contributed by atoms with Gasteiger partial charge in [0, 0.05) is 24.2 Å². The summed E-state index contributed by atoms with van der Waals surface area (Å²) in [5.74, 6) is 2.29. The fourth-order valence-corrected chi connectivity index (χ4v) is 2.01. The molecule has 2 fully saturated rings. The van der Waals surface area contributed by atoms with Crippen LogP contribution in [0.15, 0.2) is 37.2 Å². The number of hydrogen-bond donors (Lipinski definition) is 0. The van der Waals surface area contributed by atoms with Crippen molar-refractivity contribution in [1.82, 2.24) is 19.9 Å². The topological polar surface area (TPSA) is 51.6 Å². The summed E-state index contributed by atoms with van der Waals surface area (Å²) in [7, 11) is 0. The molecule has 112 valence electrons. The molecular formula is C18H14FeN4+2. The number of hydrogen-bond acceptors (Lipinski definition) is 4. The van der Waals surface area contributed by atoms with Crippen molar-refractivity contribution in [3.05, 3.63) is 112 Å². The molecule has 4 nitrogen and oxygen atoms in total. The van der Waals surface area contributed by atoms with Crippen LogP contribution in [0.1, 0.15) is 11.4 Å². The number of nitrogens with zero attached hydrogens (tertiary/aromatic N) is 4. The largest absolute Gasteiger partial charge is 2.00 e. The van der Waals surface area contributed by atoms with E-state index >= 15 is 0 Å². The monoisotopic (exact) mass is 342 g/mol. The molecule has 2 aliphatic carbocycles. The average Bonchev–Trinajstić information content (AvgIpc) is 3.31. The van der Waals surface area contributed by atoms with E-state index in [0.29, 0.717) is 0 Å². The van der Waals surface area contributed by atoms with E-state index in [1.807, 2.05) is 63.5 Å². The fraction of sp³-hybridized carbons (Fsp3) is 0. The SMILES string of the molecule is [CH]1[CH][CH][C](c2ccncn2)[CH]1.[CH]1[CH][CH][C](c2ccncn2)[CH]1.[Fe+2]. The minimum Gasteiger partial charge on any atom is -0.245 e. The van der Waals surface area contributed by atoms with Crippen LogP contribution in [-0.4, -0.2) is 19.9 Å². The Balaban J connectivity index is 0.000000160. The molecule has 0 unspecified atom stereocenters. The van der Waals surface area contributed by atoms with E-state index in [4.69, 9.17) is 0 Å². The molecule has 0 atom stereocenters. The van der Waals surface area contributed by atoms with Gasteiger partial charge >= 0.3 is 17.1 Å². The first-order chi connectivity index (χ1) is 10.9. The van der Waals surface area contributed by atoms with Gasteiger partial charge in [0.2, 0.25) is 0 Å². The molecule has 2 saturated carbocycles. The summed E-state index contributed by atoms with van der Waals surface area (Å²) in [4.78, 5) is 15.9. The van der Waals surface area contributed by atoms with Crippen molar-refractivity contribution in [2.24, 2.45) is 0 Å². The predicted molar refractivity (Wildman–Crippen MR) is 83.2 cm³/mol. The van der Waals surface area contributed by atoms with Crippen molar-refractivity contribution in [3.8, 4) is 0 Å². The van der Waals surface area contributed by atoms with Crippen LogP contribution in [-0.2, 0) is 17.1 Å². The summed E-state index contributed by atoms with van der Waals surface area (Å²) in [6, 6.07) is 3.80. The van der Waals surface area contributed by atoms with Crippen molar-refractivity contribution in [2.75, 3.05) is 0 Å². The van der Waals surface area contributed by atoms with Gasteiger partial charge in [-0.15, -0.1) is 0 Å². The van der Waals surface area contributed by atoms with Crippen molar-refractivity contribution >= 4 is 0 Å². The molecule has 0 amide bonds.